The van der Waals surface area contributed by atoms with Gasteiger partial charge in [0, 0.05) is 16.4 Å². The van der Waals surface area contributed by atoms with Crippen molar-refractivity contribution in [3.8, 4) is 0 Å². The second-order valence-electron chi connectivity index (χ2n) is 6.75. The molecule has 0 aromatic heterocycles. The zero-order valence-electron chi connectivity index (χ0n) is 13.4. The molecule has 2 rings (SSSR count). The maximum atomic E-state index is 12.8. The highest BCUT2D eigenvalue weighted by Crippen LogP contribution is 2.33. The first kappa shape index (κ1) is 17.9. The van der Waals surface area contributed by atoms with Gasteiger partial charge < -0.3 is 0 Å². The predicted molar refractivity (Wildman–Crippen MR) is 87.5 cm³/mol. The Morgan fingerprint density at radius 2 is 1.70 bits per heavy atom. The molecule has 1 amide bonds. The van der Waals surface area contributed by atoms with Crippen LogP contribution in [-0.4, -0.2) is 31.0 Å². The highest BCUT2D eigenvalue weighted by atomic mass is 35.5. The lowest BCUT2D eigenvalue weighted by Gasteiger charge is -2.25. The van der Waals surface area contributed by atoms with Crippen molar-refractivity contribution in [2.45, 2.75) is 38.5 Å². The average molecular weight is 358 g/mol. The van der Waals surface area contributed by atoms with Gasteiger partial charge in [0.2, 0.25) is 5.91 Å². The van der Waals surface area contributed by atoms with Gasteiger partial charge in [-0.15, -0.1) is 0 Å². The van der Waals surface area contributed by atoms with Gasteiger partial charge in [0.1, 0.15) is 0 Å². The fourth-order valence-electron chi connectivity index (χ4n) is 1.92. The third-order valence-electron chi connectivity index (χ3n) is 3.70. The maximum Gasteiger partial charge on any atom is 0.266 e. The molecule has 1 aliphatic rings. The van der Waals surface area contributed by atoms with Crippen molar-refractivity contribution in [2.75, 3.05) is 6.54 Å². The van der Waals surface area contributed by atoms with E-state index in [4.69, 9.17) is 11.6 Å². The van der Waals surface area contributed by atoms with Crippen LogP contribution in [0.1, 0.15) is 33.6 Å². The number of Topliss-reactive ketones (excluding diaryl/α,β-unsaturated/α-hetero) is 1. The largest absolute Gasteiger partial charge is 0.297 e. The van der Waals surface area contributed by atoms with E-state index < -0.39 is 27.9 Å². The number of carbonyl (C=O) groups excluding carboxylic acids is 2. The summed E-state index contributed by atoms with van der Waals surface area (Å²) in [5.74, 6) is -1.11. The predicted octanol–water partition coefficient (Wildman–Crippen LogP) is 2.88. The Balaban J connectivity index is 2.37. The van der Waals surface area contributed by atoms with Crippen molar-refractivity contribution >= 4 is 33.3 Å². The monoisotopic (exact) mass is 357 g/mol. The molecule has 0 spiro atoms. The maximum absolute atomic E-state index is 12.8. The van der Waals surface area contributed by atoms with Gasteiger partial charge in [-0.25, -0.2) is 12.7 Å². The summed E-state index contributed by atoms with van der Waals surface area (Å²) in [5, 5.41) is 0.398. The van der Waals surface area contributed by atoms with Crippen LogP contribution in [0.4, 0.5) is 0 Å². The number of hydrogen-bond acceptors (Lipinski definition) is 4. The molecule has 0 saturated heterocycles. The number of nitrogens with zero attached hydrogens (tertiary/aromatic N) is 1. The minimum Gasteiger partial charge on any atom is -0.297 e. The number of benzene rings is 1. The van der Waals surface area contributed by atoms with Crippen LogP contribution in [0.15, 0.2) is 29.2 Å². The van der Waals surface area contributed by atoms with Gasteiger partial charge >= 0.3 is 0 Å². The summed E-state index contributed by atoms with van der Waals surface area (Å²) in [4.78, 5) is 24.7. The summed E-state index contributed by atoms with van der Waals surface area (Å²) in [6, 6.07) is 5.57. The van der Waals surface area contributed by atoms with Crippen LogP contribution in [0.2, 0.25) is 5.02 Å². The third kappa shape index (κ3) is 4.12. The molecule has 0 aliphatic heterocycles. The number of sulfonamides is 1. The van der Waals surface area contributed by atoms with Gasteiger partial charge in [0.15, 0.2) is 5.78 Å². The molecule has 0 radical (unpaired) electrons. The molecule has 0 heterocycles. The van der Waals surface area contributed by atoms with Gasteiger partial charge in [-0.1, -0.05) is 32.4 Å². The molecule has 1 fully saturated rings. The van der Waals surface area contributed by atoms with Crippen molar-refractivity contribution in [3.63, 3.8) is 0 Å². The fourth-order valence-corrected chi connectivity index (χ4v) is 3.45. The molecule has 5 nitrogen and oxygen atoms in total. The van der Waals surface area contributed by atoms with Gasteiger partial charge in [0.25, 0.3) is 10.0 Å². The number of amides is 1. The Labute approximate surface area is 141 Å². The Morgan fingerprint density at radius 1 is 1.17 bits per heavy atom. The van der Waals surface area contributed by atoms with Crippen molar-refractivity contribution in [2.24, 2.45) is 11.3 Å². The average Bonchev–Trinajstić information content (AvgIpc) is 3.27. The van der Waals surface area contributed by atoms with E-state index >= 15 is 0 Å². The van der Waals surface area contributed by atoms with E-state index in [9.17, 15) is 18.0 Å². The topological polar surface area (TPSA) is 71.5 Å². The van der Waals surface area contributed by atoms with Crippen molar-refractivity contribution < 1.29 is 18.0 Å². The fraction of sp³-hybridized carbons (Fsp3) is 0.500. The lowest BCUT2D eigenvalue weighted by molar-refractivity contribution is -0.134. The van der Waals surface area contributed by atoms with Crippen LogP contribution >= 0.6 is 11.6 Å². The molecular weight excluding hydrogens is 338 g/mol. The minimum absolute atomic E-state index is 0.0439. The van der Waals surface area contributed by atoms with E-state index in [1.165, 1.54) is 24.3 Å². The zero-order chi connectivity index (χ0) is 17.4. The minimum atomic E-state index is -4.07. The van der Waals surface area contributed by atoms with Crippen LogP contribution in [0.25, 0.3) is 0 Å². The number of hydrogen-bond donors (Lipinski definition) is 0. The summed E-state index contributed by atoms with van der Waals surface area (Å²) in [6.07, 6.45) is 1.32. The molecule has 0 bridgehead atoms. The van der Waals surface area contributed by atoms with Crippen LogP contribution < -0.4 is 0 Å². The lowest BCUT2D eigenvalue weighted by atomic mass is 9.91. The first-order chi connectivity index (χ1) is 10.5. The van der Waals surface area contributed by atoms with Gasteiger partial charge in [-0.05, 0) is 37.1 Å². The highest BCUT2D eigenvalue weighted by Gasteiger charge is 2.41. The van der Waals surface area contributed by atoms with Crippen LogP contribution in [0, 0.1) is 11.3 Å². The Kier molecular flexibility index (Phi) is 4.87. The van der Waals surface area contributed by atoms with E-state index in [-0.39, 0.29) is 16.6 Å². The Bertz CT molecular complexity index is 715. The summed E-state index contributed by atoms with van der Waals surface area (Å²) >= 11 is 5.78. The van der Waals surface area contributed by atoms with Crippen molar-refractivity contribution in [1.29, 1.82) is 0 Å². The standard InChI is InChI=1S/C16H20ClNO4S/c1-16(2,3)14(19)10-18(15(20)11-4-5-11)23(21,22)13-8-6-12(17)7-9-13/h6-9,11H,4-5,10H2,1-3H3. The van der Waals surface area contributed by atoms with E-state index in [0.29, 0.717) is 17.9 Å². The normalized spacial score (nSPS) is 15.3. The van der Waals surface area contributed by atoms with Gasteiger partial charge in [0.05, 0.1) is 11.4 Å². The van der Waals surface area contributed by atoms with E-state index in [0.717, 1.165) is 4.31 Å². The first-order valence-electron chi connectivity index (χ1n) is 7.39. The SMILES string of the molecule is CC(C)(C)C(=O)CN(C(=O)C1CC1)S(=O)(=O)c1ccc(Cl)cc1. The molecule has 0 unspecified atom stereocenters. The highest BCUT2D eigenvalue weighted by molar-refractivity contribution is 7.89. The van der Waals surface area contributed by atoms with E-state index in [2.05, 4.69) is 0 Å². The quantitative estimate of drug-likeness (QED) is 0.812. The molecule has 126 valence electrons. The lowest BCUT2D eigenvalue weighted by Crippen LogP contribution is -2.44. The van der Waals surface area contributed by atoms with Crippen LogP contribution in [0.3, 0.4) is 0 Å². The molecule has 23 heavy (non-hydrogen) atoms. The second-order valence-corrected chi connectivity index (χ2v) is 9.05. The molecule has 0 atom stereocenters. The molecule has 1 aromatic rings. The van der Waals surface area contributed by atoms with Crippen LogP contribution in [0.5, 0.6) is 0 Å². The molecular formula is C16H20ClNO4S. The third-order valence-corrected chi connectivity index (χ3v) is 5.71. The molecule has 7 heteroatoms. The number of rotatable bonds is 5. The van der Waals surface area contributed by atoms with E-state index in [1.54, 1.807) is 20.8 Å². The number of ketones is 1. The van der Waals surface area contributed by atoms with Crippen molar-refractivity contribution in [3.05, 3.63) is 29.3 Å². The summed E-state index contributed by atoms with van der Waals surface area (Å²) < 4.78 is 26.3. The van der Waals surface area contributed by atoms with Gasteiger partial charge in [-0.2, -0.15) is 0 Å². The smallest absolute Gasteiger partial charge is 0.266 e. The number of halogens is 1. The molecule has 1 aliphatic carbocycles. The zero-order valence-corrected chi connectivity index (χ0v) is 14.9. The van der Waals surface area contributed by atoms with Gasteiger partial charge in [-0.3, -0.25) is 9.59 Å². The van der Waals surface area contributed by atoms with E-state index in [1.807, 2.05) is 0 Å². The summed E-state index contributed by atoms with van der Waals surface area (Å²) in [6.45, 7) is 4.65. The van der Waals surface area contributed by atoms with Crippen LogP contribution in [-0.2, 0) is 19.6 Å². The summed E-state index contributed by atoms with van der Waals surface area (Å²) in [7, 11) is -4.07. The molecule has 0 N–H and O–H groups in total. The Hall–Kier alpha value is -1.40. The first-order valence-corrected chi connectivity index (χ1v) is 9.21. The molecule has 1 saturated carbocycles. The summed E-state index contributed by atoms with van der Waals surface area (Å²) in [5.41, 5.74) is -0.725. The molecule has 1 aromatic carbocycles. The van der Waals surface area contributed by atoms with Crippen molar-refractivity contribution in [1.82, 2.24) is 4.31 Å². The number of carbonyl (C=O) groups is 2. The second kappa shape index (κ2) is 6.24. The Morgan fingerprint density at radius 3 is 2.13 bits per heavy atom.